The molecule has 0 radical (unpaired) electrons. The molecule has 6 heteroatoms. The SMILES string of the molecule is COc1ccccc1-c1cc(C(=O)N[C@@H](C)C(C)C)nc2c(-c3ccccc3)c(C)nn12. The molecule has 32 heavy (non-hydrogen) atoms. The summed E-state index contributed by atoms with van der Waals surface area (Å²) < 4.78 is 7.41. The molecule has 164 valence electrons. The van der Waals surface area contributed by atoms with Gasteiger partial charge in [-0.25, -0.2) is 9.50 Å². The van der Waals surface area contributed by atoms with Crippen LogP contribution in [-0.2, 0) is 0 Å². The Labute approximate surface area is 188 Å². The van der Waals surface area contributed by atoms with Crippen molar-refractivity contribution in [3.63, 3.8) is 0 Å². The lowest BCUT2D eigenvalue weighted by molar-refractivity contribution is 0.0925. The van der Waals surface area contributed by atoms with Crippen molar-refractivity contribution in [2.45, 2.75) is 33.7 Å². The topological polar surface area (TPSA) is 68.5 Å². The van der Waals surface area contributed by atoms with E-state index in [-0.39, 0.29) is 11.9 Å². The Bertz CT molecular complexity index is 1260. The van der Waals surface area contributed by atoms with Crippen molar-refractivity contribution in [3.05, 3.63) is 72.1 Å². The standard InChI is InChI=1S/C26H28N4O2/c1-16(2)17(3)27-26(31)21-15-22(20-13-9-10-14-23(20)32-5)30-25(28-21)24(18(4)29-30)19-11-7-6-8-12-19/h6-17H,1-5H3,(H,27,31)/t17-/m0/s1. The van der Waals surface area contributed by atoms with Crippen molar-refractivity contribution in [3.8, 4) is 28.1 Å². The van der Waals surface area contributed by atoms with Crippen LogP contribution in [0.4, 0.5) is 0 Å². The predicted octanol–water partition coefficient (Wildman–Crippen LogP) is 5.15. The van der Waals surface area contributed by atoms with Gasteiger partial charge in [0.05, 0.1) is 18.5 Å². The number of hydrogen-bond acceptors (Lipinski definition) is 4. The zero-order chi connectivity index (χ0) is 22.8. The Morgan fingerprint density at radius 2 is 1.72 bits per heavy atom. The van der Waals surface area contributed by atoms with E-state index in [2.05, 4.69) is 19.2 Å². The molecule has 1 N–H and O–H groups in total. The summed E-state index contributed by atoms with van der Waals surface area (Å²) in [5.41, 5.74) is 5.34. The van der Waals surface area contributed by atoms with Crippen LogP contribution in [0.15, 0.2) is 60.7 Å². The summed E-state index contributed by atoms with van der Waals surface area (Å²) in [5, 5.41) is 7.87. The van der Waals surface area contributed by atoms with Gasteiger partial charge in [-0.1, -0.05) is 56.3 Å². The number of ether oxygens (including phenoxy) is 1. The Balaban J connectivity index is 1.98. The summed E-state index contributed by atoms with van der Waals surface area (Å²) in [5.74, 6) is 0.812. The summed E-state index contributed by atoms with van der Waals surface area (Å²) >= 11 is 0. The van der Waals surface area contributed by atoms with Crippen molar-refractivity contribution < 1.29 is 9.53 Å². The summed E-state index contributed by atoms with van der Waals surface area (Å²) in [6.45, 7) is 8.12. The van der Waals surface area contributed by atoms with E-state index in [0.29, 0.717) is 23.0 Å². The third kappa shape index (κ3) is 3.96. The third-order valence-electron chi connectivity index (χ3n) is 5.80. The summed E-state index contributed by atoms with van der Waals surface area (Å²) in [7, 11) is 1.64. The van der Waals surface area contributed by atoms with E-state index in [4.69, 9.17) is 14.8 Å². The zero-order valence-electron chi connectivity index (χ0n) is 19.1. The number of nitrogens with zero attached hydrogens (tertiary/aromatic N) is 3. The van der Waals surface area contributed by atoms with E-state index in [1.54, 1.807) is 17.7 Å². The second kappa shape index (κ2) is 8.83. The number of aromatic nitrogens is 3. The molecule has 0 bridgehead atoms. The van der Waals surface area contributed by atoms with Gasteiger partial charge in [-0.2, -0.15) is 5.10 Å². The van der Waals surface area contributed by atoms with Crippen LogP contribution in [0.25, 0.3) is 28.0 Å². The molecule has 2 aromatic carbocycles. The molecular formula is C26H28N4O2. The van der Waals surface area contributed by atoms with Gasteiger partial charge in [-0.05, 0) is 43.5 Å². The highest BCUT2D eigenvalue weighted by molar-refractivity contribution is 5.95. The van der Waals surface area contributed by atoms with Crippen molar-refractivity contribution in [2.75, 3.05) is 7.11 Å². The van der Waals surface area contributed by atoms with Gasteiger partial charge in [0.2, 0.25) is 0 Å². The smallest absolute Gasteiger partial charge is 0.270 e. The number of para-hydroxylation sites is 1. The third-order valence-corrected chi connectivity index (χ3v) is 5.80. The molecule has 1 amide bonds. The molecule has 4 rings (SSSR count). The van der Waals surface area contributed by atoms with Gasteiger partial charge < -0.3 is 10.1 Å². The highest BCUT2D eigenvalue weighted by atomic mass is 16.5. The number of benzene rings is 2. The summed E-state index contributed by atoms with van der Waals surface area (Å²) in [4.78, 5) is 17.9. The molecule has 2 aromatic heterocycles. The van der Waals surface area contributed by atoms with E-state index in [0.717, 1.165) is 28.1 Å². The van der Waals surface area contributed by atoms with E-state index in [9.17, 15) is 4.79 Å². The minimum atomic E-state index is -0.206. The van der Waals surface area contributed by atoms with Crippen LogP contribution >= 0.6 is 0 Å². The number of aryl methyl sites for hydroxylation is 1. The average molecular weight is 429 g/mol. The van der Waals surface area contributed by atoms with Crippen LogP contribution in [-0.4, -0.2) is 33.7 Å². The number of methoxy groups -OCH3 is 1. The molecule has 0 aliphatic heterocycles. The van der Waals surface area contributed by atoms with Crippen LogP contribution in [0.1, 0.15) is 37.0 Å². The van der Waals surface area contributed by atoms with Crippen LogP contribution in [0, 0.1) is 12.8 Å². The lowest BCUT2D eigenvalue weighted by Crippen LogP contribution is -2.36. The summed E-state index contributed by atoms with van der Waals surface area (Å²) in [6.07, 6.45) is 0. The van der Waals surface area contributed by atoms with Crippen LogP contribution in [0.3, 0.4) is 0 Å². The fourth-order valence-electron chi connectivity index (χ4n) is 3.68. The lowest BCUT2D eigenvalue weighted by Gasteiger charge is -2.18. The van der Waals surface area contributed by atoms with Crippen molar-refractivity contribution >= 4 is 11.6 Å². The molecule has 2 heterocycles. The van der Waals surface area contributed by atoms with Crippen LogP contribution < -0.4 is 10.1 Å². The van der Waals surface area contributed by atoms with Gasteiger partial charge in [-0.3, -0.25) is 4.79 Å². The first kappa shape index (κ1) is 21.6. The minimum Gasteiger partial charge on any atom is -0.496 e. The molecule has 0 aliphatic rings. The second-order valence-corrected chi connectivity index (χ2v) is 8.29. The molecule has 4 aromatic rings. The Kier molecular flexibility index (Phi) is 5.95. The van der Waals surface area contributed by atoms with Crippen molar-refractivity contribution in [1.29, 1.82) is 0 Å². The predicted molar refractivity (Wildman–Crippen MR) is 127 cm³/mol. The Morgan fingerprint density at radius 1 is 1.03 bits per heavy atom. The molecule has 0 aliphatic carbocycles. The molecule has 0 saturated heterocycles. The van der Waals surface area contributed by atoms with E-state index < -0.39 is 0 Å². The first-order valence-electron chi connectivity index (χ1n) is 10.8. The van der Waals surface area contributed by atoms with E-state index >= 15 is 0 Å². The quantitative estimate of drug-likeness (QED) is 0.461. The molecule has 6 nitrogen and oxygen atoms in total. The molecule has 0 unspecified atom stereocenters. The lowest BCUT2D eigenvalue weighted by atomic mass is 10.1. The number of carbonyl (C=O) groups is 1. The van der Waals surface area contributed by atoms with Gasteiger partial charge in [-0.15, -0.1) is 0 Å². The van der Waals surface area contributed by atoms with Crippen molar-refractivity contribution in [1.82, 2.24) is 19.9 Å². The number of nitrogens with one attached hydrogen (secondary N) is 1. The largest absolute Gasteiger partial charge is 0.496 e. The average Bonchev–Trinajstić information content (AvgIpc) is 3.14. The number of carbonyl (C=O) groups excluding carboxylic acids is 1. The fourth-order valence-corrected chi connectivity index (χ4v) is 3.68. The van der Waals surface area contributed by atoms with Crippen LogP contribution in [0.2, 0.25) is 0 Å². The zero-order valence-corrected chi connectivity index (χ0v) is 19.1. The van der Waals surface area contributed by atoms with E-state index in [1.807, 2.05) is 68.4 Å². The number of hydrogen-bond donors (Lipinski definition) is 1. The van der Waals surface area contributed by atoms with Crippen molar-refractivity contribution in [2.24, 2.45) is 5.92 Å². The van der Waals surface area contributed by atoms with Gasteiger partial charge >= 0.3 is 0 Å². The second-order valence-electron chi connectivity index (χ2n) is 8.29. The monoisotopic (exact) mass is 428 g/mol. The number of amides is 1. The van der Waals surface area contributed by atoms with Crippen LogP contribution in [0.5, 0.6) is 5.75 Å². The maximum absolute atomic E-state index is 13.2. The maximum Gasteiger partial charge on any atom is 0.270 e. The highest BCUT2D eigenvalue weighted by Crippen LogP contribution is 2.34. The van der Waals surface area contributed by atoms with E-state index in [1.165, 1.54) is 0 Å². The van der Waals surface area contributed by atoms with Gasteiger partial charge in [0.1, 0.15) is 11.4 Å². The normalized spacial score (nSPS) is 12.2. The maximum atomic E-state index is 13.2. The van der Waals surface area contributed by atoms with Gasteiger partial charge in [0, 0.05) is 17.2 Å². The fraction of sp³-hybridized carbons (Fsp3) is 0.269. The van der Waals surface area contributed by atoms with Gasteiger partial charge in [0.25, 0.3) is 5.91 Å². The first-order valence-corrected chi connectivity index (χ1v) is 10.8. The molecule has 0 spiro atoms. The highest BCUT2D eigenvalue weighted by Gasteiger charge is 2.22. The molecular weight excluding hydrogens is 400 g/mol. The molecule has 0 fully saturated rings. The van der Waals surface area contributed by atoms with Gasteiger partial charge in [0.15, 0.2) is 5.65 Å². The Hall–Kier alpha value is -3.67. The first-order chi connectivity index (χ1) is 15.4. The minimum absolute atomic E-state index is 0.0236. The molecule has 0 saturated carbocycles. The number of rotatable bonds is 6. The number of fused-ring (bicyclic) bond motifs is 1. The molecule has 1 atom stereocenters. The Morgan fingerprint density at radius 3 is 2.41 bits per heavy atom. The summed E-state index contributed by atoms with van der Waals surface area (Å²) in [6, 6.07) is 19.5.